The highest BCUT2D eigenvalue weighted by atomic mass is 16.5. The van der Waals surface area contributed by atoms with Gasteiger partial charge in [0.1, 0.15) is 0 Å². The van der Waals surface area contributed by atoms with Crippen molar-refractivity contribution in [3.63, 3.8) is 0 Å². The lowest BCUT2D eigenvalue weighted by Gasteiger charge is -2.23. The van der Waals surface area contributed by atoms with Crippen LogP contribution in [0, 0.1) is 17.8 Å². The van der Waals surface area contributed by atoms with Crippen LogP contribution in [0.5, 0.6) is 0 Å². The van der Waals surface area contributed by atoms with Crippen LogP contribution in [0.15, 0.2) is 24.3 Å². The summed E-state index contributed by atoms with van der Waals surface area (Å²) in [6.07, 6.45) is 8.97. The highest BCUT2D eigenvalue weighted by molar-refractivity contribution is 5.05. The van der Waals surface area contributed by atoms with Gasteiger partial charge in [0, 0.05) is 13.0 Å². The zero-order valence-electron chi connectivity index (χ0n) is 11.0. The highest BCUT2D eigenvalue weighted by Crippen LogP contribution is 2.17. The Kier molecular flexibility index (Phi) is 7.41. The molecule has 2 unspecified atom stereocenters. The van der Waals surface area contributed by atoms with Crippen molar-refractivity contribution in [2.45, 2.75) is 40.7 Å². The molecular weight excluding hydrogens is 184 g/mol. The van der Waals surface area contributed by atoms with Gasteiger partial charge in [-0.25, -0.2) is 0 Å². The van der Waals surface area contributed by atoms with Crippen LogP contribution in [0.2, 0.25) is 0 Å². The van der Waals surface area contributed by atoms with Crippen LogP contribution >= 0.6 is 0 Å². The van der Waals surface area contributed by atoms with Gasteiger partial charge >= 0.3 is 0 Å². The molecule has 0 aromatic heterocycles. The summed E-state index contributed by atoms with van der Waals surface area (Å²) in [5.74, 6) is 1.64. The SMILES string of the molecule is COC(C(C)C)C(C)/C=C/C=C/C(C)C. The molecule has 0 aliphatic rings. The fourth-order valence-electron chi connectivity index (χ4n) is 1.73. The zero-order valence-corrected chi connectivity index (χ0v) is 11.0. The standard InChI is InChI=1S/C14H26O/c1-11(2)9-7-8-10-13(5)14(15-6)12(3)4/h7-14H,1-6H3/b9-7+,10-8+. The van der Waals surface area contributed by atoms with Gasteiger partial charge < -0.3 is 4.74 Å². The summed E-state index contributed by atoms with van der Waals surface area (Å²) in [7, 11) is 1.79. The molecule has 0 fully saturated rings. The first-order valence-corrected chi connectivity index (χ1v) is 5.86. The van der Waals surface area contributed by atoms with Crippen LogP contribution in [0.3, 0.4) is 0 Å². The topological polar surface area (TPSA) is 9.23 Å². The van der Waals surface area contributed by atoms with E-state index in [0.29, 0.717) is 23.9 Å². The summed E-state index contributed by atoms with van der Waals surface area (Å²) in [4.78, 5) is 0. The van der Waals surface area contributed by atoms with Crippen LogP contribution < -0.4 is 0 Å². The van der Waals surface area contributed by atoms with Gasteiger partial charge in [-0.15, -0.1) is 0 Å². The molecule has 0 amide bonds. The van der Waals surface area contributed by atoms with Gasteiger partial charge in [0.2, 0.25) is 0 Å². The fraction of sp³-hybridized carbons (Fsp3) is 0.714. The minimum absolute atomic E-state index is 0.314. The molecule has 1 nitrogen and oxygen atoms in total. The van der Waals surface area contributed by atoms with Crippen LogP contribution in [0.4, 0.5) is 0 Å². The van der Waals surface area contributed by atoms with Crippen molar-refractivity contribution in [3.8, 4) is 0 Å². The second-order valence-electron chi connectivity index (χ2n) is 4.82. The molecule has 0 N–H and O–H groups in total. The first-order chi connectivity index (χ1) is 6.99. The van der Waals surface area contributed by atoms with Crippen molar-refractivity contribution in [3.05, 3.63) is 24.3 Å². The second-order valence-corrected chi connectivity index (χ2v) is 4.82. The lowest BCUT2D eigenvalue weighted by atomic mass is 9.94. The van der Waals surface area contributed by atoms with Gasteiger partial charge in [-0.3, -0.25) is 0 Å². The number of hydrogen-bond acceptors (Lipinski definition) is 1. The normalized spacial score (nSPS) is 17.1. The summed E-state index contributed by atoms with van der Waals surface area (Å²) in [5.41, 5.74) is 0. The molecule has 0 spiro atoms. The Labute approximate surface area is 95.2 Å². The predicted octanol–water partition coefficient (Wildman–Crippen LogP) is 4.06. The minimum atomic E-state index is 0.314. The molecule has 88 valence electrons. The fourth-order valence-corrected chi connectivity index (χ4v) is 1.73. The van der Waals surface area contributed by atoms with Crippen molar-refractivity contribution in [1.82, 2.24) is 0 Å². The minimum Gasteiger partial charge on any atom is -0.381 e. The van der Waals surface area contributed by atoms with E-state index < -0.39 is 0 Å². The van der Waals surface area contributed by atoms with Crippen LogP contribution in [-0.2, 0) is 4.74 Å². The summed E-state index contributed by atoms with van der Waals surface area (Å²) >= 11 is 0. The molecule has 0 aliphatic carbocycles. The van der Waals surface area contributed by atoms with Crippen molar-refractivity contribution in [2.24, 2.45) is 17.8 Å². The average molecular weight is 210 g/mol. The first kappa shape index (κ1) is 14.4. The smallest absolute Gasteiger partial charge is 0.0654 e. The number of rotatable bonds is 6. The molecule has 2 atom stereocenters. The third-order valence-electron chi connectivity index (χ3n) is 2.47. The predicted molar refractivity (Wildman–Crippen MR) is 67.9 cm³/mol. The Balaban J connectivity index is 4.15. The number of ether oxygens (including phenoxy) is 1. The molecule has 0 bridgehead atoms. The quantitative estimate of drug-likeness (QED) is 0.601. The van der Waals surface area contributed by atoms with Crippen molar-refractivity contribution in [1.29, 1.82) is 0 Å². The number of methoxy groups -OCH3 is 1. The lowest BCUT2D eigenvalue weighted by Crippen LogP contribution is -2.24. The Bertz CT molecular complexity index is 201. The maximum absolute atomic E-state index is 5.48. The van der Waals surface area contributed by atoms with E-state index in [9.17, 15) is 0 Å². The van der Waals surface area contributed by atoms with Crippen LogP contribution in [0.25, 0.3) is 0 Å². The van der Waals surface area contributed by atoms with Gasteiger partial charge in [0.25, 0.3) is 0 Å². The van der Waals surface area contributed by atoms with Crippen LogP contribution in [-0.4, -0.2) is 13.2 Å². The highest BCUT2D eigenvalue weighted by Gasteiger charge is 2.17. The van der Waals surface area contributed by atoms with Crippen molar-refractivity contribution >= 4 is 0 Å². The third kappa shape index (κ3) is 6.51. The molecule has 0 saturated carbocycles. The lowest BCUT2D eigenvalue weighted by molar-refractivity contribution is 0.0379. The Morgan fingerprint density at radius 2 is 1.40 bits per heavy atom. The zero-order chi connectivity index (χ0) is 11.8. The Morgan fingerprint density at radius 1 is 0.867 bits per heavy atom. The number of allylic oxidation sites excluding steroid dienone is 3. The first-order valence-electron chi connectivity index (χ1n) is 5.86. The molecule has 0 aromatic rings. The van der Waals surface area contributed by atoms with E-state index in [2.05, 4.69) is 58.9 Å². The maximum Gasteiger partial charge on any atom is 0.0654 e. The average Bonchev–Trinajstić information content (AvgIpc) is 2.12. The maximum atomic E-state index is 5.48. The molecule has 0 saturated heterocycles. The summed E-state index contributed by atoms with van der Waals surface area (Å²) < 4.78 is 5.48. The molecular formula is C14H26O. The third-order valence-corrected chi connectivity index (χ3v) is 2.47. The van der Waals surface area contributed by atoms with E-state index in [-0.39, 0.29) is 0 Å². The Hall–Kier alpha value is -0.560. The monoisotopic (exact) mass is 210 g/mol. The van der Waals surface area contributed by atoms with E-state index in [1.165, 1.54) is 0 Å². The van der Waals surface area contributed by atoms with Gasteiger partial charge in [0.05, 0.1) is 6.10 Å². The molecule has 1 heteroatoms. The molecule has 0 aromatic carbocycles. The summed E-state index contributed by atoms with van der Waals surface area (Å²) in [5, 5.41) is 0. The summed E-state index contributed by atoms with van der Waals surface area (Å²) in [6.45, 7) is 11.0. The van der Waals surface area contributed by atoms with E-state index in [0.717, 1.165) is 0 Å². The van der Waals surface area contributed by atoms with E-state index in [1.54, 1.807) is 7.11 Å². The Morgan fingerprint density at radius 3 is 1.80 bits per heavy atom. The summed E-state index contributed by atoms with van der Waals surface area (Å²) in [6, 6.07) is 0. The van der Waals surface area contributed by atoms with Crippen molar-refractivity contribution < 1.29 is 4.74 Å². The van der Waals surface area contributed by atoms with Crippen molar-refractivity contribution in [2.75, 3.05) is 7.11 Å². The van der Waals surface area contributed by atoms with Gasteiger partial charge in [-0.05, 0) is 11.8 Å². The van der Waals surface area contributed by atoms with E-state index in [4.69, 9.17) is 4.74 Å². The van der Waals surface area contributed by atoms with Gasteiger partial charge in [-0.2, -0.15) is 0 Å². The van der Waals surface area contributed by atoms with Gasteiger partial charge in [0.15, 0.2) is 0 Å². The largest absolute Gasteiger partial charge is 0.381 e. The van der Waals surface area contributed by atoms with Gasteiger partial charge in [-0.1, -0.05) is 58.9 Å². The molecule has 0 rings (SSSR count). The van der Waals surface area contributed by atoms with E-state index >= 15 is 0 Å². The molecule has 0 heterocycles. The van der Waals surface area contributed by atoms with E-state index in [1.807, 2.05) is 0 Å². The number of hydrogen-bond donors (Lipinski definition) is 0. The molecule has 0 radical (unpaired) electrons. The second kappa shape index (κ2) is 7.70. The van der Waals surface area contributed by atoms with Crippen LogP contribution in [0.1, 0.15) is 34.6 Å². The molecule has 0 aliphatic heterocycles. The molecule has 15 heavy (non-hydrogen) atoms.